The van der Waals surface area contributed by atoms with Crippen molar-refractivity contribution in [1.29, 1.82) is 0 Å². The molecule has 0 aliphatic carbocycles. The number of ketones is 1. The van der Waals surface area contributed by atoms with Crippen molar-refractivity contribution < 1.29 is 19.1 Å². The molecule has 2 N–H and O–H groups in total. The molecule has 31 heavy (non-hydrogen) atoms. The Kier molecular flexibility index (Phi) is 6.48. The Labute approximate surface area is 181 Å². The molecule has 1 unspecified atom stereocenters. The van der Waals surface area contributed by atoms with Crippen molar-refractivity contribution in [1.82, 2.24) is 20.2 Å². The molecule has 164 valence electrons. The zero-order chi connectivity index (χ0) is 21.8. The van der Waals surface area contributed by atoms with E-state index in [0.717, 1.165) is 42.4 Å². The molecular weight excluding hydrogens is 396 g/mol. The molecule has 2 aliphatic heterocycles. The Morgan fingerprint density at radius 1 is 1.39 bits per heavy atom. The van der Waals surface area contributed by atoms with Crippen LogP contribution in [0.4, 0.5) is 0 Å². The van der Waals surface area contributed by atoms with E-state index in [1.165, 1.54) is 5.57 Å². The Hall–Kier alpha value is -2.97. The third-order valence-electron chi connectivity index (χ3n) is 5.61. The van der Waals surface area contributed by atoms with Gasteiger partial charge < -0.3 is 24.7 Å². The number of hydrogen-bond donors (Lipinski definition) is 2. The maximum absolute atomic E-state index is 12.5. The van der Waals surface area contributed by atoms with Gasteiger partial charge in [0, 0.05) is 29.9 Å². The molecule has 4 heterocycles. The number of fused-ring (bicyclic) bond motifs is 1. The molecular formula is C23H28N4O4. The number of aromatic nitrogens is 2. The summed E-state index contributed by atoms with van der Waals surface area (Å²) in [5, 5.41) is 4.53. The molecule has 8 nitrogen and oxygen atoms in total. The first-order chi connectivity index (χ1) is 15.0. The molecule has 1 saturated heterocycles. The molecule has 0 bridgehead atoms. The number of nitrogens with zero attached hydrogens (tertiary/aromatic N) is 2. The highest BCUT2D eigenvalue weighted by Crippen LogP contribution is 2.28. The van der Waals surface area contributed by atoms with Gasteiger partial charge >= 0.3 is 5.97 Å². The van der Waals surface area contributed by atoms with Crippen LogP contribution in [0.3, 0.4) is 0 Å². The van der Waals surface area contributed by atoms with E-state index in [1.807, 2.05) is 31.3 Å². The molecule has 2 aromatic rings. The Balaban J connectivity index is 1.47. The lowest BCUT2D eigenvalue weighted by Gasteiger charge is -2.17. The third-order valence-corrected chi connectivity index (χ3v) is 5.61. The van der Waals surface area contributed by atoms with Crippen LogP contribution in [-0.2, 0) is 19.1 Å². The van der Waals surface area contributed by atoms with Crippen molar-refractivity contribution in [3.63, 3.8) is 0 Å². The van der Waals surface area contributed by atoms with E-state index in [9.17, 15) is 9.59 Å². The number of rotatable bonds is 6. The molecule has 2 aromatic heterocycles. The summed E-state index contributed by atoms with van der Waals surface area (Å²) >= 11 is 0. The summed E-state index contributed by atoms with van der Waals surface area (Å²) in [6.07, 6.45) is 8.42. The normalized spacial score (nSPS) is 21.1. The number of H-pyrrole nitrogens is 1. The highest BCUT2D eigenvalue weighted by molar-refractivity contribution is 6.19. The predicted molar refractivity (Wildman–Crippen MR) is 117 cm³/mol. The minimum absolute atomic E-state index is 0.0615. The molecule has 4 rings (SSSR count). The average Bonchev–Trinajstić information content (AvgIpc) is 3.25. The number of ether oxygens (including phenoxy) is 2. The molecule has 0 spiro atoms. The van der Waals surface area contributed by atoms with Gasteiger partial charge in [-0.2, -0.15) is 0 Å². The molecule has 0 saturated carbocycles. The number of hydrogen-bond acceptors (Lipinski definition) is 7. The third kappa shape index (κ3) is 4.86. The second kappa shape index (κ2) is 9.45. The van der Waals surface area contributed by atoms with Crippen LogP contribution in [0.1, 0.15) is 24.8 Å². The first-order valence-corrected chi connectivity index (χ1v) is 10.6. The summed E-state index contributed by atoms with van der Waals surface area (Å²) in [6.45, 7) is 1.47. The maximum Gasteiger partial charge on any atom is 0.345 e. The van der Waals surface area contributed by atoms with E-state index in [1.54, 1.807) is 6.20 Å². The zero-order valence-corrected chi connectivity index (χ0v) is 17.9. The van der Waals surface area contributed by atoms with Gasteiger partial charge in [-0.25, -0.2) is 9.78 Å². The summed E-state index contributed by atoms with van der Waals surface area (Å²) in [5.74, 6) is -0.470. The summed E-state index contributed by atoms with van der Waals surface area (Å²) in [6, 6.07) is 3.81. The average molecular weight is 425 g/mol. The molecule has 2 aliphatic rings. The van der Waals surface area contributed by atoms with Crippen molar-refractivity contribution in [2.24, 2.45) is 0 Å². The van der Waals surface area contributed by atoms with Gasteiger partial charge in [-0.1, -0.05) is 11.6 Å². The van der Waals surface area contributed by atoms with Gasteiger partial charge in [0.05, 0.1) is 6.04 Å². The molecule has 0 aromatic carbocycles. The lowest BCUT2D eigenvalue weighted by atomic mass is 10.0. The number of esters is 1. The van der Waals surface area contributed by atoms with Crippen LogP contribution >= 0.6 is 0 Å². The van der Waals surface area contributed by atoms with Gasteiger partial charge in [0.1, 0.15) is 23.6 Å². The fraction of sp³-hybridized carbons (Fsp3) is 0.435. The number of Topliss-reactive ketones (excluding diaryl/α,β-unsaturated/α-hetero) is 1. The van der Waals surface area contributed by atoms with E-state index in [4.69, 9.17) is 9.47 Å². The van der Waals surface area contributed by atoms with E-state index in [2.05, 4.69) is 27.4 Å². The Morgan fingerprint density at radius 3 is 3.10 bits per heavy atom. The molecule has 0 radical (unpaired) electrons. The predicted octanol–water partition coefficient (Wildman–Crippen LogP) is 2.05. The van der Waals surface area contributed by atoms with E-state index in [0.29, 0.717) is 12.3 Å². The van der Waals surface area contributed by atoms with Gasteiger partial charge in [-0.15, -0.1) is 0 Å². The second-order valence-corrected chi connectivity index (χ2v) is 8.13. The molecule has 0 amide bonds. The van der Waals surface area contributed by atoms with Crippen LogP contribution in [0.25, 0.3) is 17.1 Å². The lowest BCUT2D eigenvalue weighted by molar-refractivity contribution is -0.140. The Bertz CT molecular complexity index is 1040. The van der Waals surface area contributed by atoms with Gasteiger partial charge in [0.2, 0.25) is 5.78 Å². The highest BCUT2D eigenvalue weighted by Gasteiger charge is 2.36. The van der Waals surface area contributed by atoms with Crippen LogP contribution in [0, 0.1) is 0 Å². The largest absolute Gasteiger partial charge is 0.487 e. The van der Waals surface area contributed by atoms with Gasteiger partial charge in [-0.05, 0) is 52.0 Å². The molecule has 1 atom stereocenters. The number of carbonyl (C=O) groups excluding carboxylic acids is 2. The van der Waals surface area contributed by atoms with Crippen LogP contribution in [0.5, 0.6) is 0 Å². The monoisotopic (exact) mass is 424 g/mol. The van der Waals surface area contributed by atoms with Crippen LogP contribution in [0.15, 0.2) is 41.4 Å². The van der Waals surface area contributed by atoms with Crippen LogP contribution < -0.4 is 5.32 Å². The van der Waals surface area contributed by atoms with E-state index in [-0.39, 0.29) is 30.6 Å². The molecule has 1 fully saturated rings. The number of pyridine rings is 1. The summed E-state index contributed by atoms with van der Waals surface area (Å²) in [7, 11) is 3.80. The topological polar surface area (TPSA) is 96.6 Å². The first-order valence-electron chi connectivity index (χ1n) is 10.6. The summed E-state index contributed by atoms with van der Waals surface area (Å²) in [4.78, 5) is 34.3. The fourth-order valence-electron chi connectivity index (χ4n) is 3.96. The quantitative estimate of drug-likeness (QED) is 0.541. The van der Waals surface area contributed by atoms with Crippen LogP contribution in [0.2, 0.25) is 0 Å². The minimum atomic E-state index is -0.590. The lowest BCUT2D eigenvalue weighted by Crippen LogP contribution is -2.32. The van der Waals surface area contributed by atoms with Crippen molar-refractivity contribution in [3.8, 4) is 0 Å². The zero-order valence-electron chi connectivity index (χ0n) is 17.9. The second-order valence-electron chi connectivity index (χ2n) is 8.13. The highest BCUT2D eigenvalue weighted by atomic mass is 16.5. The van der Waals surface area contributed by atoms with Crippen molar-refractivity contribution in [2.75, 3.05) is 40.4 Å². The first kappa shape index (κ1) is 21.3. The minimum Gasteiger partial charge on any atom is -0.487 e. The standard InChI is InChI=1S/C23H28N4O4/c1-27(2)10-11-30-23(29)20-19(28)14-31-21(20)18-6-5-15(7-9-24-18)12-16-13-26-22-17(16)4-3-8-25-22/h3-4,8,12-13,18,24H,5-7,9-11,14H2,1-2H3,(H,25,26). The fourth-order valence-corrected chi connectivity index (χ4v) is 3.96. The number of carbonyl (C=O) groups is 2. The van der Waals surface area contributed by atoms with Gasteiger partial charge in [-0.3, -0.25) is 4.79 Å². The summed E-state index contributed by atoms with van der Waals surface area (Å²) < 4.78 is 10.9. The summed E-state index contributed by atoms with van der Waals surface area (Å²) in [5.41, 5.74) is 3.36. The van der Waals surface area contributed by atoms with E-state index < -0.39 is 5.97 Å². The maximum atomic E-state index is 12.5. The van der Waals surface area contributed by atoms with Gasteiger partial charge in [0.15, 0.2) is 6.61 Å². The number of aromatic amines is 1. The number of nitrogens with one attached hydrogen (secondary N) is 2. The molecule has 8 heteroatoms. The van der Waals surface area contributed by atoms with Crippen LogP contribution in [-0.4, -0.2) is 73.1 Å². The SMILES string of the molecule is CN(C)CCOC(=O)C1=C(C2CCC(=Cc3c[nH]c4ncccc34)CCN2)OCC1=O. The van der Waals surface area contributed by atoms with E-state index >= 15 is 0 Å². The number of likely N-dealkylation sites (N-methyl/N-ethyl adjacent to an activating group) is 1. The Morgan fingerprint density at radius 2 is 2.26 bits per heavy atom. The van der Waals surface area contributed by atoms with Crippen molar-refractivity contribution in [3.05, 3.63) is 47.0 Å². The van der Waals surface area contributed by atoms with Crippen molar-refractivity contribution in [2.45, 2.75) is 25.3 Å². The smallest absolute Gasteiger partial charge is 0.345 e. The van der Waals surface area contributed by atoms with Gasteiger partial charge in [0.25, 0.3) is 0 Å². The van der Waals surface area contributed by atoms with Crippen molar-refractivity contribution >= 4 is 28.9 Å².